The number of halogens is 1. The Morgan fingerprint density at radius 1 is 1.04 bits per heavy atom. The Labute approximate surface area is 174 Å². The van der Waals surface area contributed by atoms with E-state index in [9.17, 15) is 0 Å². The van der Waals surface area contributed by atoms with Crippen molar-refractivity contribution in [3.8, 4) is 5.75 Å². The van der Waals surface area contributed by atoms with Gasteiger partial charge >= 0.3 is 0 Å². The van der Waals surface area contributed by atoms with E-state index in [1.54, 1.807) is 0 Å². The number of hydrogen-bond donors (Lipinski definition) is 1. The Kier molecular flexibility index (Phi) is 8.94. The number of fused-ring (bicyclic) bond motifs is 1. The van der Waals surface area contributed by atoms with Crippen LogP contribution in [0.25, 0.3) is 10.9 Å². The largest absolute Gasteiger partial charge is 0.541 e. The molecule has 145 valence electrons. The first-order chi connectivity index (χ1) is 12.6. The highest BCUT2D eigenvalue weighted by Crippen LogP contribution is 2.47. The number of rotatable bonds is 12. The van der Waals surface area contributed by atoms with Crippen molar-refractivity contribution < 1.29 is 4.43 Å². The van der Waals surface area contributed by atoms with Gasteiger partial charge in [0.1, 0.15) is 9.45 Å². The molecule has 0 saturated carbocycles. The third-order valence-corrected chi connectivity index (χ3v) is 9.09. The van der Waals surface area contributed by atoms with E-state index in [1.807, 2.05) is 0 Å². The second-order valence-electron chi connectivity index (χ2n) is 7.44. The highest BCUT2D eigenvalue weighted by molar-refractivity contribution is 14.1. The van der Waals surface area contributed by atoms with E-state index in [4.69, 9.17) is 4.43 Å². The number of aromatic amines is 1. The van der Waals surface area contributed by atoms with Crippen LogP contribution in [0.4, 0.5) is 0 Å². The molecule has 0 aliphatic rings. The van der Waals surface area contributed by atoms with Crippen LogP contribution in [-0.2, 0) is 0 Å². The summed E-state index contributed by atoms with van der Waals surface area (Å²) >= 11 is 2.33. The molecule has 1 heterocycles. The monoisotopic (exact) mass is 485 g/mol. The summed E-state index contributed by atoms with van der Waals surface area (Å²) in [6.45, 7) is 9.32. The molecule has 2 aromatic rings. The van der Waals surface area contributed by atoms with Gasteiger partial charge in [0.15, 0.2) is 0 Å². The molecule has 0 aliphatic heterocycles. The molecule has 0 aliphatic carbocycles. The predicted octanol–water partition coefficient (Wildman–Crippen LogP) is 7.48. The Morgan fingerprint density at radius 2 is 1.62 bits per heavy atom. The van der Waals surface area contributed by atoms with E-state index >= 15 is 0 Å². The lowest BCUT2D eigenvalue weighted by molar-refractivity contribution is 0.358. The van der Waals surface area contributed by atoms with Gasteiger partial charge in [-0.05, 0) is 60.5 Å². The summed E-state index contributed by atoms with van der Waals surface area (Å²) in [5, 5.41) is 9.02. The third kappa shape index (κ3) is 5.24. The van der Waals surface area contributed by atoms with Crippen LogP contribution < -0.4 is 4.43 Å². The fourth-order valence-corrected chi connectivity index (χ4v) is 6.77. The molecule has 0 saturated heterocycles. The molecule has 3 nitrogen and oxygen atoms in total. The summed E-state index contributed by atoms with van der Waals surface area (Å²) in [6, 6.07) is 6.25. The minimum Gasteiger partial charge on any atom is -0.541 e. The molecule has 0 fully saturated rings. The number of H-pyrrole nitrogens is 1. The molecule has 26 heavy (non-hydrogen) atoms. The van der Waals surface area contributed by atoms with Gasteiger partial charge in [-0.25, -0.2) is 0 Å². The van der Waals surface area contributed by atoms with Crippen molar-refractivity contribution in [2.45, 2.75) is 90.1 Å². The Morgan fingerprint density at radius 3 is 2.15 bits per heavy atom. The Balaban J connectivity index is 2.30. The lowest BCUT2D eigenvalue weighted by atomic mass is 9.89. The summed E-state index contributed by atoms with van der Waals surface area (Å²) in [4.78, 5) is 0. The maximum Gasteiger partial charge on any atom is 0.284 e. The second-order valence-corrected chi connectivity index (χ2v) is 10.9. The zero-order chi connectivity index (χ0) is 19.0. The van der Waals surface area contributed by atoms with E-state index in [0.717, 1.165) is 20.4 Å². The van der Waals surface area contributed by atoms with E-state index < -0.39 is 9.04 Å². The number of unbranched alkanes of at least 4 members (excludes halogenated alkanes) is 3. The lowest BCUT2D eigenvalue weighted by Crippen LogP contribution is -2.36. The second kappa shape index (κ2) is 10.7. The van der Waals surface area contributed by atoms with E-state index in [0.29, 0.717) is 5.04 Å². The molecule has 1 radical (unpaired) electrons. The van der Waals surface area contributed by atoms with Crippen LogP contribution in [0.1, 0.15) is 78.6 Å². The van der Waals surface area contributed by atoms with Gasteiger partial charge in [-0.15, -0.1) is 0 Å². The van der Waals surface area contributed by atoms with E-state index in [2.05, 4.69) is 78.3 Å². The van der Waals surface area contributed by atoms with Gasteiger partial charge in [-0.2, -0.15) is 5.10 Å². The van der Waals surface area contributed by atoms with Crippen LogP contribution in [0.3, 0.4) is 0 Å². The molecule has 0 spiro atoms. The highest BCUT2D eigenvalue weighted by Gasteiger charge is 2.39. The van der Waals surface area contributed by atoms with Gasteiger partial charge in [0, 0.05) is 5.04 Å². The zero-order valence-electron chi connectivity index (χ0n) is 16.8. The van der Waals surface area contributed by atoms with Gasteiger partial charge in [-0.1, -0.05) is 65.4 Å². The Bertz CT molecular complexity index is 651. The third-order valence-electron chi connectivity index (χ3n) is 5.53. The van der Waals surface area contributed by atoms with Crippen molar-refractivity contribution in [3.05, 3.63) is 21.9 Å². The normalized spacial score (nSPS) is 12.2. The quantitative estimate of drug-likeness (QED) is 0.250. The van der Waals surface area contributed by atoms with Crippen molar-refractivity contribution in [1.82, 2.24) is 10.2 Å². The van der Waals surface area contributed by atoms with Gasteiger partial charge < -0.3 is 4.43 Å². The molecule has 1 aromatic heterocycles. The minimum atomic E-state index is -0.987. The molecule has 0 amide bonds. The van der Waals surface area contributed by atoms with Gasteiger partial charge in [0.25, 0.3) is 9.04 Å². The lowest BCUT2D eigenvalue weighted by Gasteiger charge is -2.38. The zero-order valence-corrected chi connectivity index (χ0v) is 20.0. The first kappa shape index (κ1) is 21.7. The Hall–Kier alpha value is -0.563. The summed E-state index contributed by atoms with van der Waals surface area (Å²) in [5.74, 6) is 1.02. The molecule has 1 N–H and O–H groups in total. The van der Waals surface area contributed by atoms with Gasteiger partial charge in [0.2, 0.25) is 0 Å². The van der Waals surface area contributed by atoms with Crippen LogP contribution in [0.15, 0.2) is 18.2 Å². The molecular weight excluding hydrogens is 451 g/mol. The van der Waals surface area contributed by atoms with Crippen LogP contribution in [-0.4, -0.2) is 19.2 Å². The first-order valence-corrected chi connectivity index (χ1v) is 13.2. The molecular formula is C21H34IN2OSi. The summed E-state index contributed by atoms with van der Waals surface area (Å²) in [6.07, 6.45) is 11.7. The standard InChI is InChI=1S/C21H34IN2OSi/c1-5-8-14-21(15-9-6-2,16-10-7-3)26(4)25-18-13-11-12-17-19(18)20(22)24-23-17/h11-13H,5-10,14-16H2,1-4H3,(H,23,24). The van der Waals surface area contributed by atoms with Crippen LogP contribution in [0.2, 0.25) is 11.6 Å². The van der Waals surface area contributed by atoms with Crippen LogP contribution >= 0.6 is 22.6 Å². The molecule has 0 bridgehead atoms. The number of benzene rings is 1. The highest BCUT2D eigenvalue weighted by atomic mass is 127. The SMILES string of the molecule is CCCCC(CCCC)(CCCC)[Si](C)Oc1cccc2n[nH]c(I)c12. The number of hydrogen-bond acceptors (Lipinski definition) is 2. The molecule has 1 aromatic carbocycles. The van der Waals surface area contributed by atoms with Crippen molar-refractivity contribution >= 4 is 42.5 Å². The predicted molar refractivity (Wildman–Crippen MR) is 122 cm³/mol. The molecule has 0 atom stereocenters. The van der Waals surface area contributed by atoms with Crippen LogP contribution in [0.5, 0.6) is 5.75 Å². The van der Waals surface area contributed by atoms with Gasteiger partial charge in [0.05, 0.1) is 10.9 Å². The summed E-state index contributed by atoms with van der Waals surface area (Å²) in [7, 11) is -0.987. The van der Waals surface area contributed by atoms with Crippen molar-refractivity contribution in [1.29, 1.82) is 0 Å². The van der Waals surface area contributed by atoms with Crippen LogP contribution in [0, 0.1) is 3.70 Å². The summed E-state index contributed by atoms with van der Waals surface area (Å²) in [5.41, 5.74) is 1.00. The topological polar surface area (TPSA) is 37.9 Å². The molecule has 2 rings (SSSR count). The minimum absolute atomic E-state index is 0.379. The molecule has 5 heteroatoms. The van der Waals surface area contributed by atoms with Crippen molar-refractivity contribution in [3.63, 3.8) is 0 Å². The number of nitrogens with zero attached hydrogens (tertiary/aromatic N) is 1. The maximum absolute atomic E-state index is 6.76. The van der Waals surface area contributed by atoms with E-state index in [1.165, 1.54) is 57.8 Å². The maximum atomic E-state index is 6.76. The van der Waals surface area contributed by atoms with Crippen molar-refractivity contribution in [2.24, 2.45) is 0 Å². The smallest absolute Gasteiger partial charge is 0.284 e. The molecule has 0 unspecified atom stereocenters. The number of nitrogens with one attached hydrogen (secondary N) is 1. The fourth-order valence-electron chi connectivity index (χ4n) is 3.81. The van der Waals surface area contributed by atoms with Crippen molar-refractivity contribution in [2.75, 3.05) is 0 Å². The van der Waals surface area contributed by atoms with Gasteiger partial charge in [-0.3, -0.25) is 5.10 Å². The average molecular weight is 486 g/mol. The first-order valence-electron chi connectivity index (χ1n) is 10.2. The van der Waals surface area contributed by atoms with E-state index in [-0.39, 0.29) is 0 Å². The fraction of sp³-hybridized carbons (Fsp3) is 0.667. The average Bonchev–Trinajstić information content (AvgIpc) is 3.03. The summed E-state index contributed by atoms with van der Waals surface area (Å²) < 4.78 is 7.83. The number of aromatic nitrogens is 2.